The largest absolute Gasteiger partial charge is 0.339 e. The Morgan fingerprint density at radius 3 is 2.50 bits per heavy atom. The van der Waals surface area contributed by atoms with E-state index in [-0.39, 0.29) is 18.4 Å². The smallest absolute Gasteiger partial charge is 0.325 e. The lowest BCUT2D eigenvalue weighted by atomic mass is 9.88. The maximum atomic E-state index is 12.8. The van der Waals surface area contributed by atoms with Crippen LogP contribution in [0.5, 0.6) is 0 Å². The molecule has 0 aromatic carbocycles. The van der Waals surface area contributed by atoms with Crippen molar-refractivity contribution in [2.24, 2.45) is 0 Å². The highest BCUT2D eigenvalue weighted by atomic mass is 32.1. The Kier molecular flexibility index (Phi) is 5.99. The summed E-state index contributed by atoms with van der Waals surface area (Å²) in [6.45, 7) is 4.25. The highest BCUT2D eigenvalue weighted by Crippen LogP contribution is 2.28. The Morgan fingerprint density at radius 1 is 1.29 bits per heavy atom. The van der Waals surface area contributed by atoms with E-state index in [1.165, 1.54) is 0 Å². The molecule has 1 aromatic heterocycles. The Bertz CT molecular complexity index is 594. The minimum absolute atomic E-state index is 0.207. The summed E-state index contributed by atoms with van der Waals surface area (Å²) in [5.74, 6) is -0.509. The van der Waals surface area contributed by atoms with Crippen LogP contribution < -0.4 is 5.32 Å². The Balaban J connectivity index is 2.04. The number of imide groups is 1. The SMILES string of the molecule is CCCC1(CCC)NC(=O)N(CC(=O)N(C)Cc2cccs2)C1=O. The molecule has 1 saturated heterocycles. The van der Waals surface area contributed by atoms with Gasteiger partial charge in [0.2, 0.25) is 5.91 Å². The standard InChI is InChI=1S/C17H25N3O3S/c1-4-8-17(9-5-2)15(22)20(16(23)18-17)12-14(21)19(3)11-13-7-6-10-24-13/h6-7,10H,4-5,8-9,11-12H2,1-3H3,(H,18,23). The van der Waals surface area contributed by atoms with Gasteiger partial charge in [-0.3, -0.25) is 14.5 Å². The van der Waals surface area contributed by atoms with Crippen molar-refractivity contribution in [3.05, 3.63) is 22.4 Å². The molecule has 0 atom stereocenters. The molecular weight excluding hydrogens is 326 g/mol. The lowest BCUT2D eigenvalue weighted by Gasteiger charge is -2.26. The van der Waals surface area contributed by atoms with Gasteiger partial charge in [-0.25, -0.2) is 4.79 Å². The molecule has 7 heteroatoms. The van der Waals surface area contributed by atoms with Gasteiger partial charge in [-0.2, -0.15) is 0 Å². The van der Waals surface area contributed by atoms with Crippen molar-refractivity contribution in [1.29, 1.82) is 0 Å². The second kappa shape index (κ2) is 7.79. The summed E-state index contributed by atoms with van der Waals surface area (Å²) in [4.78, 5) is 41.1. The van der Waals surface area contributed by atoms with Gasteiger partial charge in [0.05, 0.1) is 6.54 Å². The third kappa shape index (κ3) is 3.77. The van der Waals surface area contributed by atoms with Crippen molar-refractivity contribution < 1.29 is 14.4 Å². The maximum Gasteiger partial charge on any atom is 0.325 e. The molecule has 0 bridgehead atoms. The fraction of sp³-hybridized carbons (Fsp3) is 0.588. The van der Waals surface area contributed by atoms with Crippen molar-refractivity contribution >= 4 is 29.2 Å². The van der Waals surface area contributed by atoms with E-state index < -0.39 is 11.6 Å². The molecular formula is C17H25N3O3S. The predicted molar refractivity (Wildman–Crippen MR) is 93.6 cm³/mol. The van der Waals surface area contributed by atoms with E-state index >= 15 is 0 Å². The number of rotatable bonds is 8. The molecule has 1 aromatic rings. The monoisotopic (exact) mass is 351 g/mol. The topological polar surface area (TPSA) is 69.7 Å². The maximum absolute atomic E-state index is 12.8. The third-order valence-electron chi connectivity index (χ3n) is 4.29. The van der Waals surface area contributed by atoms with Gasteiger partial charge in [0.1, 0.15) is 12.1 Å². The quantitative estimate of drug-likeness (QED) is 0.732. The zero-order valence-electron chi connectivity index (χ0n) is 14.5. The number of carbonyl (C=O) groups is 3. The van der Waals surface area contributed by atoms with Gasteiger partial charge in [-0.05, 0) is 24.3 Å². The molecule has 1 aliphatic rings. The number of hydrogen-bond donors (Lipinski definition) is 1. The second-order valence-corrected chi connectivity index (χ2v) is 7.26. The van der Waals surface area contributed by atoms with Crippen LogP contribution in [0.2, 0.25) is 0 Å². The van der Waals surface area contributed by atoms with Crippen LogP contribution in [0.15, 0.2) is 17.5 Å². The van der Waals surface area contributed by atoms with Crippen LogP contribution >= 0.6 is 11.3 Å². The van der Waals surface area contributed by atoms with E-state index in [1.807, 2.05) is 31.4 Å². The number of likely N-dealkylation sites (N-methyl/N-ethyl adjacent to an activating group) is 1. The summed E-state index contributed by atoms with van der Waals surface area (Å²) < 4.78 is 0. The number of nitrogens with one attached hydrogen (secondary N) is 1. The molecule has 0 radical (unpaired) electrons. The lowest BCUT2D eigenvalue weighted by Crippen LogP contribution is -2.47. The van der Waals surface area contributed by atoms with E-state index in [0.29, 0.717) is 19.4 Å². The van der Waals surface area contributed by atoms with Crippen molar-refractivity contribution in [3.8, 4) is 0 Å². The van der Waals surface area contributed by atoms with Crippen LogP contribution in [0.4, 0.5) is 4.79 Å². The van der Waals surface area contributed by atoms with Crippen LogP contribution in [-0.4, -0.2) is 46.8 Å². The highest BCUT2D eigenvalue weighted by molar-refractivity contribution is 7.09. The molecule has 2 heterocycles. The summed E-state index contributed by atoms with van der Waals surface area (Å²) in [5.41, 5.74) is -0.840. The zero-order chi connectivity index (χ0) is 17.7. The molecule has 4 amide bonds. The fourth-order valence-corrected chi connectivity index (χ4v) is 3.87. The van der Waals surface area contributed by atoms with E-state index in [2.05, 4.69) is 5.32 Å². The van der Waals surface area contributed by atoms with Crippen LogP contribution in [0.25, 0.3) is 0 Å². The minimum Gasteiger partial charge on any atom is -0.339 e. The predicted octanol–water partition coefficient (Wildman–Crippen LogP) is 2.60. The third-order valence-corrected chi connectivity index (χ3v) is 5.15. The number of hydrogen-bond acceptors (Lipinski definition) is 4. The fourth-order valence-electron chi connectivity index (χ4n) is 3.12. The molecule has 132 valence electrons. The normalized spacial score (nSPS) is 16.4. The average Bonchev–Trinajstić information content (AvgIpc) is 3.11. The minimum atomic E-state index is -0.840. The second-order valence-electron chi connectivity index (χ2n) is 6.23. The van der Waals surface area contributed by atoms with Gasteiger partial charge in [-0.1, -0.05) is 32.8 Å². The van der Waals surface area contributed by atoms with Gasteiger partial charge in [0.15, 0.2) is 0 Å². The number of thiophene rings is 1. The number of urea groups is 1. The van der Waals surface area contributed by atoms with Gasteiger partial charge in [0, 0.05) is 11.9 Å². The van der Waals surface area contributed by atoms with Crippen LogP contribution in [0.3, 0.4) is 0 Å². The number of amides is 4. The first-order chi connectivity index (χ1) is 11.4. The molecule has 2 rings (SSSR count). The van der Waals surface area contributed by atoms with Crippen LogP contribution in [0, 0.1) is 0 Å². The number of carbonyl (C=O) groups excluding carboxylic acids is 3. The lowest BCUT2D eigenvalue weighted by molar-refractivity contribution is -0.138. The Hall–Kier alpha value is -1.89. The van der Waals surface area contributed by atoms with Crippen molar-refractivity contribution in [2.75, 3.05) is 13.6 Å². The van der Waals surface area contributed by atoms with E-state index in [4.69, 9.17) is 0 Å². The molecule has 1 N–H and O–H groups in total. The molecule has 1 aliphatic heterocycles. The van der Waals surface area contributed by atoms with Crippen molar-refractivity contribution in [2.45, 2.75) is 51.6 Å². The first kappa shape index (κ1) is 18.4. The molecule has 0 unspecified atom stereocenters. The Labute approximate surface area is 146 Å². The Morgan fingerprint density at radius 2 is 1.96 bits per heavy atom. The van der Waals surface area contributed by atoms with E-state index in [1.54, 1.807) is 23.3 Å². The molecule has 0 spiro atoms. The van der Waals surface area contributed by atoms with Gasteiger partial charge < -0.3 is 10.2 Å². The summed E-state index contributed by atoms with van der Waals surface area (Å²) in [6.07, 6.45) is 2.79. The molecule has 0 aliphatic carbocycles. The van der Waals surface area contributed by atoms with Gasteiger partial charge in [-0.15, -0.1) is 11.3 Å². The van der Waals surface area contributed by atoms with E-state index in [9.17, 15) is 14.4 Å². The van der Waals surface area contributed by atoms with Crippen molar-refractivity contribution in [3.63, 3.8) is 0 Å². The molecule has 0 saturated carbocycles. The average molecular weight is 351 g/mol. The van der Waals surface area contributed by atoms with Crippen LogP contribution in [0.1, 0.15) is 44.4 Å². The van der Waals surface area contributed by atoms with E-state index in [0.717, 1.165) is 22.6 Å². The number of nitrogens with zero attached hydrogens (tertiary/aromatic N) is 2. The van der Waals surface area contributed by atoms with Crippen molar-refractivity contribution in [1.82, 2.24) is 15.1 Å². The molecule has 1 fully saturated rings. The zero-order valence-corrected chi connectivity index (χ0v) is 15.3. The first-order valence-corrected chi connectivity index (χ1v) is 9.22. The highest BCUT2D eigenvalue weighted by Gasteiger charge is 2.50. The van der Waals surface area contributed by atoms with Gasteiger partial charge in [0.25, 0.3) is 5.91 Å². The molecule has 24 heavy (non-hydrogen) atoms. The van der Waals surface area contributed by atoms with Crippen LogP contribution in [-0.2, 0) is 16.1 Å². The summed E-state index contributed by atoms with van der Waals surface area (Å²) in [5, 5.41) is 4.78. The summed E-state index contributed by atoms with van der Waals surface area (Å²) >= 11 is 1.57. The first-order valence-electron chi connectivity index (χ1n) is 8.34. The summed E-state index contributed by atoms with van der Waals surface area (Å²) in [6, 6.07) is 3.43. The summed E-state index contributed by atoms with van der Waals surface area (Å²) in [7, 11) is 1.69. The molecule has 6 nitrogen and oxygen atoms in total. The van der Waals surface area contributed by atoms with Gasteiger partial charge >= 0.3 is 6.03 Å².